The Balaban J connectivity index is 2.29. The molecule has 98 valence electrons. The Bertz CT molecular complexity index is 653. The molecule has 0 aliphatic rings. The van der Waals surface area contributed by atoms with E-state index in [1.165, 1.54) is 29.1 Å². The average molecular weight is 281 g/mol. The molecule has 1 amide bonds. The van der Waals surface area contributed by atoms with Gasteiger partial charge in [-0.3, -0.25) is 19.6 Å². The lowest BCUT2D eigenvalue weighted by molar-refractivity contribution is -0.384. The normalized spacial score (nSPS) is 10.2. The van der Waals surface area contributed by atoms with Gasteiger partial charge in [-0.25, -0.2) is 0 Å². The minimum absolute atomic E-state index is 0.0414. The predicted molar refractivity (Wildman–Crippen MR) is 69.3 cm³/mol. The summed E-state index contributed by atoms with van der Waals surface area (Å²) in [6.45, 7) is 0. The molecule has 0 radical (unpaired) electrons. The summed E-state index contributed by atoms with van der Waals surface area (Å²) in [6, 6.07) is 4.06. The molecular formula is C11H9ClN4O3. The summed E-state index contributed by atoms with van der Waals surface area (Å²) in [5.41, 5.74) is 0.218. The molecule has 1 N–H and O–H groups in total. The van der Waals surface area contributed by atoms with E-state index < -0.39 is 10.8 Å². The van der Waals surface area contributed by atoms with Crippen LogP contribution in [0.1, 0.15) is 10.4 Å². The zero-order chi connectivity index (χ0) is 14.0. The molecule has 0 aliphatic heterocycles. The van der Waals surface area contributed by atoms with Crippen molar-refractivity contribution in [2.75, 3.05) is 5.32 Å². The SMILES string of the molecule is Cn1cc(NC(=O)c2cccc([N+](=O)[O-])c2Cl)cn1. The number of hydrogen-bond donors (Lipinski definition) is 1. The smallest absolute Gasteiger partial charge is 0.288 e. The Hall–Kier alpha value is -2.41. The number of hydrogen-bond acceptors (Lipinski definition) is 4. The highest BCUT2D eigenvalue weighted by atomic mass is 35.5. The molecule has 19 heavy (non-hydrogen) atoms. The first kappa shape index (κ1) is 13.0. The molecule has 7 nitrogen and oxygen atoms in total. The van der Waals surface area contributed by atoms with E-state index in [1.54, 1.807) is 13.2 Å². The number of carbonyl (C=O) groups excluding carboxylic acids is 1. The van der Waals surface area contributed by atoms with Crippen molar-refractivity contribution in [1.29, 1.82) is 0 Å². The molecular weight excluding hydrogens is 272 g/mol. The van der Waals surface area contributed by atoms with Gasteiger partial charge in [-0.1, -0.05) is 17.7 Å². The van der Waals surface area contributed by atoms with Crippen molar-refractivity contribution in [1.82, 2.24) is 9.78 Å². The minimum atomic E-state index is -0.636. The van der Waals surface area contributed by atoms with E-state index in [0.717, 1.165) is 0 Å². The first-order valence-electron chi connectivity index (χ1n) is 5.22. The summed E-state index contributed by atoms with van der Waals surface area (Å²) in [5, 5.41) is 17.0. The van der Waals surface area contributed by atoms with Gasteiger partial charge in [0.15, 0.2) is 0 Å². The molecule has 0 spiro atoms. The van der Waals surface area contributed by atoms with Crippen LogP contribution in [-0.4, -0.2) is 20.6 Å². The Kier molecular flexibility index (Phi) is 3.48. The van der Waals surface area contributed by atoms with Gasteiger partial charge in [0.1, 0.15) is 5.02 Å². The van der Waals surface area contributed by atoms with Crippen molar-refractivity contribution in [3.8, 4) is 0 Å². The van der Waals surface area contributed by atoms with Crippen LogP contribution in [-0.2, 0) is 7.05 Å². The molecule has 0 unspecified atom stereocenters. The lowest BCUT2D eigenvalue weighted by Gasteiger charge is -2.04. The highest BCUT2D eigenvalue weighted by molar-refractivity contribution is 6.36. The van der Waals surface area contributed by atoms with E-state index in [1.807, 2.05) is 0 Å². The fourth-order valence-corrected chi connectivity index (χ4v) is 1.80. The number of aryl methyl sites for hydroxylation is 1. The fourth-order valence-electron chi connectivity index (χ4n) is 1.52. The molecule has 2 rings (SSSR count). The van der Waals surface area contributed by atoms with Gasteiger partial charge in [-0.2, -0.15) is 5.10 Å². The number of rotatable bonds is 3. The zero-order valence-electron chi connectivity index (χ0n) is 9.83. The number of anilines is 1. The Morgan fingerprint density at radius 1 is 1.53 bits per heavy atom. The zero-order valence-corrected chi connectivity index (χ0v) is 10.6. The molecule has 0 aliphatic carbocycles. The third-order valence-electron chi connectivity index (χ3n) is 2.38. The summed E-state index contributed by atoms with van der Waals surface area (Å²) < 4.78 is 1.52. The van der Waals surface area contributed by atoms with Crippen LogP contribution >= 0.6 is 11.6 Å². The summed E-state index contributed by atoms with van der Waals surface area (Å²) in [4.78, 5) is 22.1. The van der Waals surface area contributed by atoms with Crippen molar-refractivity contribution in [2.45, 2.75) is 0 Å². The first-order chi connectivity index (χ1) is 8.99. The topological polar surface area (TPSA) is 90.1 Å². The van der Waals surface area contributed by atoms with Gasteiger partial charge in [-0.05, 0) is 6.07 Å². The quantitative estimate of drug-likeness (QED) is 0.689. The Morgan fingerprint density at radius 2 is 2.26 bits per heavy atom. The molecule has 2 aromatic rings. The molecule has 1 aromatic carbocycles. The summed E-state index contributed by atoms with van der Waals surface area (Å²) in [6.07, 6.45) is 3.06. The van der Waals surface area contributed by atoms with E-state index in [9.17, 15) is 14.9 Å². The predicted octanol–water partition coefficient (Wildman–Crippen LogP) is 2.23. The van der Waals surface area contributed by atoms with Crippen molar-refractivity contribution in [3.63, 3.8) is 0 Å². The van der Waals surface area contributed by atoms with Gasteiger partial charge in [0.2, 0.25) is 0 Å². The second-order valence-electron chi connectivity index (χ2n) is 3.75. The number of halogens is 1. The lowest BCUT2D eigenvalue weighted by atomic mass is 10.2. The number of amides is 1. The molecule has 1 aromatic heterocycles. The van der Waals surface area contributed by atoms with Crippen LogP contribution in [0.25, 0.3) is 0 Å². The van der Waals surface area contributed by atoms with Gasteiger partial charge in [-0.15, -0.1) is 0 Å². The maximum absolute atomic E-state index is 12.0. The van der Waals surface area contributed by atoms with Gasteiger partial charge in [0.25, 0.3) is 11.6 Å². The standard InChI is InChI=1S/C11H9ClN4O3/c1-15-6-7(5-13-15)14-11(17)8-3-2-4-9(10(8)12)16(18)19/h2-6H,1H3,(H,14,17). The van der Waals surface area contributed by atoms with E-state index in [4.69, 9.17) is 11.6 Å². The summed E-state index contributed by atoms with van der Waals surface area (Å²) in [5.74, 6) is -0.526. The maximum Gasteiger partial charge on any atom is 0.288 e. The minimum Gasteiger partial charge on any atom is -0.319 e. The van der Waals surface area contributed by atoms with Gasteiger partial charge in [0.05, 0.1) is 22.4 Å². The van der Waals surface area contributed by atoms with E-state index in [0.29, 0.717) is 5.69 Å². The molecule has 8 heteroatoms. The van der Waals surface area contributed by atoms with Crippen molar-refractivity contribution >= 4 is 28.9 Å². The lowest BCUT2D eigenvalue weighted by Crippen LogP contribution is -2.12. The van der Waals surface area contributed by atoms with Crippen LogP contribution < -0.4 is 5.32 Å². The Labute approximate surface area is 112 Å². The van der Waals surface area contributed by atoms with E-state index >= 15 is 0 Å². The Morgan fingerprint density at radius 3 is 2.84 bits per heavy atom. The molecule has 0 bridgehead atoms. The van der Waals surface area contributed by atoms with Crippen LogP contribution in [0.15, 0.2) is 30.6 Å². The monoisotopic (exact) mass is 280 g/mol. The van der Waals surface area contributed by atoms with Crippen LogP contribution in [0.3, 0.4) is 0 Å². The maximum atomic E-state index is 12.0. The second-order valence-corrected chi connectivity index (χ2v) is 4.13. The molecule has 0 atom stereocenters. The summed E-state index contributed by atoms with van der Waals surface area (Å²) in [7, 11) is 1.70. The molecule has 1 heterocycles. The molecule has 0 fully saturated rings. The van der Waals surface area contributed by atoms with Crippen molar-refractivity contribution in [3.05, 3.63) is 51.3 Å². The van der Waals surface area contributed by atoms with E-state index in [2.05, 4.69) is 10.4 Å². The number of aromatic nitrogens is 2. The second kappa shape index (κ2) is 5.07. The first-order valence-corrected chi connectivity index (χ1v) is 5.59. The number of benzene rings is 1. The average Bonchev–Trinajstić information content (AvgIpc) is 2.74. The van der Waals surface area contributed by atoms with Gasteiger partial charge < -0.3 is 5.32 Å². The van der Waals surface area contributed by atoms with Crippen molar-refractivity contribution in [2.24, 2.45) is 7.05 Å². The number of nitro benzene ring substituents is 1. The highest BCUT2D eigenvalue weighted by Crippen LogP contribution is 2.28. The summed E-state index contributed by atoms with van der Waals surface area (Å²) >= 11 is 5.85. The van der Waals surface area contributed by atoms with Gasteiger partial charge in [0, 0.05) is 19.3 Å². The number of nitrogens with zero attached hydrogens (tertiary/aromatic N) is 3. The molecule has 0 saturated carbocycles. The third-order valence-corrected chi connectivity index (χ3v) is 2.78. The molecule has 0 saturated heterocycles. The number of carbonyl (C=O) groups is 1. The van der Waals surface area contributed by atoms with E-state index in [-0.39, 0.29) is 16.3 Å². The van der Waals surface area contributed by atoms with Crippen molar-refractivity contribution < 1.29 is 9.72 Å². The van der Waals surface area contributed by atoms with Crippen LogP contribution in [0.2, 0.25) is 5.02 Å². The largest absolute Gasteiger partial charge is 0.319 e. The highest BCUT2D eigenvalue weighted by Gasteiger charge is 2.20. The van der Waals surface area contributed by atoms with Crippen LogP contribution in [0, 0.1) is 10.1 Å². The van der Waals surface area contributed by atoms with Gasteiger partial charge >= 0.3 is 0 Å². The third kappa shape index (κ3) is 2.71. The van der Waals surface area contributed by atoms with Crippen LogP contribution in [0.5, 0.6) is 0 Å². The fraction of sp³-hybridized carbons (Fsp3) is 0.0909. The number of nitro groups is 1. The van der Waals surface area contributed by atoms with Crippen LogP contribution in [0.4, 0.5) is 11.4 Å². The number of nitrogens with one attached hydrogen (secondary N) is 1.